The molecule has 0 aromatic heterocycles. The minimum absolute atomic E-state index is 0.372. The van der Waals surface area contributed by atoms with E-state index in [9.17, 15) is 0 Å². The Bertz CT molecular complexity index is 177. The Morgan fingerprint density at radius 2 is 2.33 bits per heavy atom. The number of nitrogens with one attached hydrogen (secondary N) is 1. The van der Waals surface area contributed by atoms with Crippen LogP contribution in [0.3, 0.4) is 0 Å². The first kappa shape index (κ1) is 9.96. The van der Waals surface area contributed by atoms with Gasteiger partial charge in [-0.25, -0.2) is 0 Å². The molecule has 0 spiro atoms. The van der Waals surface area contributed by atoms with E-state index in [1.807, 2.05) is 0 Å². The summed E-state index contributed by atoms with van der Waals surface area (Å²) in [6.07, 6.45) is 3.09. The van der Waals surface area contributed by atoms with E-state index in [-0.39, 0.29) is 0 Å². The van der Waals surface area contributed by atoms with Crippen molar-refractivity contribution in [2.75, 3.05) is 0 Å². The van der Waals surface area contributed by atoms with E-state index < -0.39 is 7.05 Å². The van der Waals surface area contributed by atoms with Crippen LogP contribution >= 0.6 is 12.2 Å². The monoisotopic (exact) mass is 186 g/mol. The average molecular weight is 186 g/mol. The molecule has 0 saturated heterocycles. The predicted molar refractivity (Wildman–Crippen MR) is 54.9 cm³/mol. The van der Waals surface area contributed by atoms with Crippen LogP contribution in [-0.4, -0.2) is 23.1 Å². The van der Waals surface area contributed by atoms with Crippen LogP contribution < -0.4 is 11.0 Å². The molecule has 1 rings (SSSR count). The van der Waals surface area contributed by atoms with Gasteiger partial charge in [-0.05, 0) is 32.1 Å². The molecule has 0 aromatic rings. The van der Waals surface area contributed by atoms with Crippen LogP contribution in [0, 0.1) is 5.92 Å². The molecule has 1 aliphatic carbocycles. The molecule has 4 N–H and O–H groups in total. The SMILES string of the molecule is CB(O)NC1CCC(C(N)=S)C1. The number of hydrogen-bond acceptors (Lipinski definition) is 3. The Balaban J connectivity index is 2.30. The van der Waals surface area contributed by atoms with Gasteiger partial charge in [-0.1, -0.05) is 12.2 Å². The highest BCUT2D eigenvalue weighted by atomic mass is 32.1. The van der Waals surface area contributed by atoms with Gasteiger partial charge in [0.25, 0.3) is 0 Å². The van der Waals surface area contributed by atoms with Gasteiger partial charge in [0.15, 0.2) is 0 Å². The van der Waals surface area contributed by atoms with E-state index in [0.29, 0.717) is 16.9 Å². The lowest BCUT2D eigenvalue weighted by Crippen LogP contribution is -2.38. The van der Waals surface area contributed by atoms with Gasteiger partial charge < -0.3 is 16.0 Å². The molecule has 1 aliphatic rings. The summed E-state index contributed by atoms with van der Waals surface area (Å²) in [5, 5.41) is 12.1. The number of nitrogens with two attached hydrogens (primary N) is 1. The molecule has 5 heteroatoms. The van der Waals surface area contributed by atoms with E-state index in [4.69, 9.17) is 23.0 Å². The third-order valence-corrected chi connectivity index (χ3v) is 2.65. The predicted octanol–water partition coefficient (Wildman–Crippen LogP) is 0.141. The molecule has 3 nitrogen and oxygen atoms in total. The summed E-state index contributed by atoms with van der Waals surface area (Å²) in [7, 11) is -0.430. The number of thiocarbonyl (C=S) groups is 1. The molecule has 2 unspecified atom stereocenters. The first-order valence-electron chi connectivity index (χ1n) is 4.33. The highest BCUT2D eigenvalue weighted by Crippen LogP contribution is 2.25. The fraction of sp³-hybridized carbons (Fsp3) is 0.857. The quantitative estimate of drug-likeness (QED) is 0.433. The summed E-state index contributed by atoms with van der Waals surface area (Å²) in [6, 6.07) is 0.386. The van der Waals surface area contributed by atoms with Crippen LogP contribution in [0.5, 0.6) is 0 Å². The Morgan fingerprint density at radius 1 is 1.67 bits per heavy atom. The van der Waals surface area contributed by atoms with Crippen molar-refractivity contribution in [3.8, 4) is 0 Å². The molecule has 12 heavy (non-hydrogen) atoms. The normalized spacial score (nSPS) is 28.8. The average Bonchev–Trinajstić information content (AvgIpc) is 2.34. The second-order valence-electron chi connectivity index (χ2n) is 3.45. The van der Waals surface area contributed by atoms with Gasteiger partial charge in [0.1, 0.15) is 0 Å². The first-order valence-corrected chi connectivity index (χ1v) is 4.74. The van der Waals surface area contributed by atoms with E-state index in [1.54, 1.807) is 6.82 Å². The third-order valence-electron chi connectivity index (χ3n) is 2.31. The lowest BCUT2D eigenvalue weighted by molar-refractivity contribution is 0.515. The third kappa shape index (κ3) is 2.73. The van der Waals surface area contributed by atoms with E-state index in [0.717, 1.165) is 19.3 Å². The van der Waals surface area contributed by atoms with Crippen LogP contribution in [0.25, 0.3) is 0 Å². The van der Waals surface area contributed by atoms with Crippen molar-refractivity contribution in [3.63, 3.8) is 0 Å². The fourth-order valence-corrected chi connectivity index (χ4v) is 1.95. The zero-order chi connectivity index (χ0) is 9.14. The van der Waals surface area contributed by atoms with Crippen molar-refractivity contribution in [3.05, 3.63) is 0 Å². The van der Waals surface area contributed by atoms with E-state index in [2.05, 4.69) is 5.23 Å². The van der Waals surface area contributed by atoms with Crippen molar-refractivity contribution >= 4 is 24.3 Å². The zero-order valence-electron chi connectivity index (χ0n) is 7.29. The van der Waals surface area contributed by atoms with Crippen molar-refractivity contribution in [1.29, 1.82) is 0 Å². The van der Waals surface area contributed by atoms with Crippen molar-refractivity contribution in [2.45, 2.75) is 32.1 Å². The molecule has 0 aromatic carbocycles. The molecule has 0 heterocycles. The minimum atomic E-state index is -0.430. The maximum absolute atomic E-state index is 9.06. The van der Waals surface area contributed by atoms with E-state index >= 15 is 0 Å². The summed E-state index contributed by atoms with van der Waals surface area (Å²) >= 11 is 4.91. The zero-order valence-corrected chi connectivity index (χ0v) is 8.10. The Hall–Kier alpha value is -0.125. The largest absolute Gasteiger partial charge is 0.437 e. The van der Waals surface area contributed by atoms with Crippen LogP contribution in [0.4, 0.5) is 0 Å². The first-order chi connectivity index (χ1) is 5.59. The highest BCUT2D eigenvalue weighted by Gasteiger charge is 2.27. The summed E-state index contributed by atoms with van der Waals surface area (Å²) in [6.45, 7) is 1.73. The topological polar surface area (TPSA) is 58.3 Å². The van der Waals surface area contributed by atoms with Gasteiger partial charge >= 0.3 is 7.05 Å². The number of rotatable bonds is 3. The Morgan fingerprint density at radius 3 is 2.75 bits per heavy atom. The van der Waals surface area contributed by atoms with Gasteiger partial charge in [-0.15, -0.1) is 0 Å². The van der Waals surface area contributed by atoms with Crippen LogP contribution in [-0.2, 0) is 0 Å². The molecule has 0 radical (unpaired) electrons. The van der Waals surface area contributed by atoms with Gasteiger partial charge in [-0.3, -0.25) is 0 Å². The van der Waals surface area contributed by atoms with Crippen molar-refractivity contribution in [1.82, 2.24) is 5.23 Å². The van der Waals surface area contributed by atoms with Crippen LogP contribution in [0.15, 0.2) is 0 Å². The maximum Gasteiger partial charge on any atom is 0.373 e. The van der Waals surface area contributed by atoms with E-state index in [1.165, 1.54) is 0 Å². The highest BCUT2D eigenvalue weighted by molar-refractivity contribution is 7.80. The molecular formula is C7H15BN2OS. The standard InChI is InChI=1S/C7H15BN2OS/c1-8(11)10-6-3-2-5(4-6)7(9)12/h5-6,10-11H,2-4H2,1H3,(H2,9,12). The second-order valence-corrected chi connectivity index (χ2v) is 3.92. The van der Waals surface area contributed by atoms with Gasteiger partial charge in [0.2, 0.25) is 0 Å². The molecule has 0 bridgehead atoms. The second kappa shape index (κ2) is 4.21. The summed E-state index contributed by atoms with van der Waals surface area (Å²) < 4.78 is 0. The molecular weight excluding hydrogens is 171 g/mol. The van der Waals surface area contributed by atoms with Gasteiger partial charge in [-0.2, -0.15) is 0 Å². The summed E-state index contributed by atoms with van der Waals surface area (Å²) in [5.74, 6) is 0.372. The molecule has 0 aliphatic heterocycles. The molecule has 0 amide bonds. The molecule has 2 atom stereocenters. The maximum atomic E-state index is 9.06. The van der Waals surface area contributed by atoms with Gasteiger partial charge in [0.05, 0.1) is 4.99 Å². The van der Waals surface area contributed by atoms with Crippen molar-refractivity contribution < 1.29 is 5.02 Å². The minimum Gasteiger partial charge on any atom is -0.437 e. The molecule has 1 saturated carbocycles. The molecule has 68 valence electrons. The van der Waals surface area contributed by atoms with Gasteiger partial charge in [0, 0.05) is 5.92 Å². The van der Waals surface area contributed by atoms with Crippen LogP contribution in [0.2, 0.25) is 6.82 Å². The smallest absolute Gasteiger partial charge is 0.373 e. The molecule has 1 fully saturated rings. The lowest BCUT2D eigenvalue weighted by Gasteiger charge is -2.12. The van der Waals surface area contributed by atoms with Crippen LogP contribution in [0.1, 0.15) is 19.3 Å². The summed E-state index contributed by atoms with van der Waals surface area (Å²) in [4.78, 5) is 0.616. The lowest BCUT2D eigenvalue weighted by atomic mass is 9.87. The fourth-order valence-electron chi connectivity index (χ4n) is 1.73. The number of hydrogen-bond donors (Lipinski definition) is 3. The summed E-state index contributed by atoms with van der Waals surface area (Å²) in [5.41, 5.74) is 5.53. The van der Waals surface area contributed by atoms with Crippen molar-refractivity contribution in [2.24, 2.45) is 11.7 Å². The Kier molecular flexibility index (Phi) is 3.49. The Labute approximate surface area is 78.8 Å².